The maximum Gasteiger partial charge on any atom is 0 e. The minimum absolute atomic E-state index is 0. The minimum atomic E-state index is 0. The van der Waals surface area contributed by atoms with Gasteiger partial charge >= 0.3 is 0 Å². The van der Waals surface area contributed by atoms with Crippen molar-refractivity contribution in [3.05, 3.63) is 90.8 Å². The number of benzene rings is 3. The van der Waals surface area contributed by atoms with Crippen molar-refractivity contribution in [2.45, 2.75) is 13.3 Å². The number of hydrogen-bond donors (Lipinski definition) is 0. The van der Waals surface area contributed by atoms with Gasteiger partial charge in [0.25, 0.3) is 0 Å². The largest absolute Gasteiger partial charge is 0.199 e. The average molecular weight is 639 g/mol. The Bertz CT molecular complexity index is 711. The fourth-order valence-electron chi connectivity index (χ4n) is 2.49. The van der Waals surface area contributed by atoms with E-state index in [0.717, 1.165) is 12.0 Å². The number of rotatable bonds is 3. The van der Waals surface area contributed by atoms with Gasteiger partial charge in [-0.25, -0.2) is 0 Å². The van der Waals surface area contributed by atoms with Gasteiger partial charge in [0.2, 0.25) is 0 Å². The number of hydrogen-bond acceptors (Lipinski definition) is 0. The van der Waals surface area contributed by atoms with Crippen LogP contribution in [0.2, 0.25) is 0 Å². The molecule has 0 aliphatic heterocycles. The molecule has 23 heavy (non-hydrogen) atoms. The van der Waals surface area contributed by atoms with E-state index in [2.05, 4.69) is 74.5 Å². The molecule has 3 aromatic rings. The van der Waals surface area contributed by atoms with Crippen molar-refractivity contribution in [3.8, 4) is 22.3 Å². The quantitative estimate of drug-likeness (QED) is 0.320. The van der Waals surface area contributed by atoms with Crippen molar-refractivity contribution < 1.29 is 42.1 Å². The maximum absolute atomic E-state index is 3.92. The molecule has 3 rings (SSSR count). The Kier molecular flexibility index (Phi) is 8.04. The Morgan fingerprint density at radius 2 is 0.870 bits per heavy atom. The van der Waals surface area contributed by atoms with Gasteiger partial charge in [-0.05, 0) is 34.2 Å². The topological polar surface area (TPSA) is 0 Å². The fraction of sp³-hybridized carbons (Fsp3) is 0.0952. The van der Waals surface area contributed by atoms with Crippen molar-refractivity contribution in [1.82, 2.24) is 0 Å². The van der Waals surface area contributed by atoms with Crippen LogP contribution in [0, 0.1) is 6.92 Å². The van der Waals surface area contributed by atoms with Gasteiger partial charge < -0.3 is 0 Å². The van der Waals surface area contributed by atoms with Gasteiger partial charge in [-0.3, -0.25) is 0 Å². The normalized spacial score (nSPS) is 9.61. The van der Waals surface area contributed by atoms with Crippen LogP contribution in [-0.4, -0.2) is 0 Å². The second-order valence-corrected chi connectivity index (χ2v) is 5.32. The van der Waals surface area contributed by atoms with Gasteiger partial charge in [0.15, 0.2) is 0 Å². The van der Waals surface area contributed by atoms with E-state index in [1.807, 2.05) is 12.1 Å². The maximum atomic E-state index is 3.92. The molecule has 0 spiro atoms. The fourth-order valence-corrected chi connectivity index (χ4v) is 2.49. The van der Waals surface area contributed by atoms with Crippen LogP contribution in [0.1, 0.15) is 18.1 Å². The van der Waals surface area contributed by atoms with E-state index >= 15 is 0 Å². The molecule has 0 heterocycles. The first-order valence-corrected chi connectivity index (χ1v) is 7.38. The Labute approximate surface area is 167 Å². The van der Waals surface area contributed by atoms with Crippen molar-refractivity contribution in [1.29, 1.82) is 0 Å². The van der Waals surface area contributed by atoms with E-state index in [1.54, 1.807) is 0 Å². The third-order valence-electron chi connectivity index (χ3n) is 3.87. The van der Waals surface area contributed by atoms with Gasteiger partial charge in [0.05, 0.1) is 0 Å². The average Bonchev–Trinajstić information content (AvgIpc) is 2.56. The smallest absolute Gasteiger partial charge is 0 e. The summed E-state index contributed by atoms with van der Waals surface area (Å²) in [6, 6.07) is 25.9. The van der Waals surface area contributed by atoms with Crippen LogP contribution in [0.15, 0.2) is 72.8 Å². The molecule has 0 aliphatic carbocycles. The summed E-state index contributed by atoms with van der Waals surface area (Å²) in [5.74, 6) is 0. The van der Waals surface area contributed by atoms with Crippen molar-refractivity contribution in [3.63, 3.8) is 0 Å². The molecule has 0 atom stereocenters. The molecule has 116 valence electrons. The monoisotopic (exact) mass is 639 g/mol. The van der Waals surface area contributed by atoms with Gasteiger partial charge in [-0.2, -0.15) is 24.6 Å². The Hall–Kier alpha value is -1.09. The molecule has 0 amide bonds. The summed E-state index contributed by atoms with van der Waals surface area (Å²) in [7, 11) is 0. The molecular formula is C21H19W2-. The summed E-state index contributed by atoms with van der Waals surface area (Å²) in [4.78, 5) is 0. The predicted octanol–water partition coefficient (Wildman–Crippen LogP) is 5.76. The second-order valence-electron chi connectivity index (χ2n) is 5.32. The van der Waals surface area contributed by atoms with Crippen LogP contribution in [0.4, 0.5) is 0 Å². The van der Waals surface area contributed by atoms with Crippen molar-refractivity contribution >= 4 is 0 Å². The minimum Gasteiger partial charge on any atom is -0.199 e. The molecule has 0 N–H and O–H groups in total. The van der Waals surface area contributed by atoms with Crippen LogP contribution in [-0.2, 0) is 48.6 Å². The molecule has 0 saturated heterocycles. The third-order valence-corrected chi connectivity index (χ3v) is 3.87. The molecule has 0 fully saturated rings. The first kappa shape index (κ1) is 20.0. The second kappa shape index (κ2) is 9.26. The Morgan fingerprint density at radius 3 is 1.22 bits per heavy atom. The van der Waals surface area contributed by atoms with Gasteiger partial charge in [0.1, 0.15) is 0 Å². The summed E-state index contributed by atoms with van der Waals surface area (Å²) < 4.78 is 0. The zero-order valence-electron chi connectivity index (χ0n) is 13.2. The van der Waals surface area contributed by atoms with E-state index in [-0.39, 0.29) is 42.1 Å². The summed E-state index contributed by atoms with van der Waals surface area (Å²) in [5.41, 5.74) is 7.43. The molecule has 2 heteroatoms. The van der Waals surface area contributed by atoms with Crippen LogP contribution in [0.5, 0.6) is 0 Å². The van der Waals surface area contributed by atoms with Crippen LogP contribution in [0.25, 0.3) is 22.3 Å². The van der Waals surface area contributed by atoms with E-state index in [1.165, 1.54) is 27.8 Å². The Balaban J connectivity index is 0.00000132. The van der Waals surface area contributed by atoms with Crippen LogP contribution >= 0.6 is 0 Å². The molecule has 0 aromatic heterocycles. The molecule has 0 nitrogen and oxygen atoms in total. The molecule has 3 aromatic carbocycles. The summed E-state index contributed by atoms with van der Waals surface area (Å²) in [6.07, 6.45) is 1.08. The van der Waals surface area contributed by atoms with E-state index in [0.29, 0.717) is 0 Å². The first-order chi connectivity index (χ1) is 10.3. The first-order valence-electron chi connectivity index (χ1n) is 7.38. The van der Waals surface area contributed by atoms with Crippen LogP contribution < -0.4 is 0 Å². The molecular weight excluding hydrogens is 620 g/mol. The van der Waals surface area contributed by atoms with Crippen molar-refractivity contribution in [2.24, 2.45) is 0 Å². The van der Waals surface area contributed by atoms with Gasteiger partial charge in [-0.1, -0.05) is 55.5 Å². The summed E-state index contributed by atoms with van der Waals surface area (Å²) in [6.45, 7) is 6.10. The van der Waals surface area contributed by atoms with Crippen LogP contribution in [0.3, 0.4) is 0 Å². The van der Waals surface area contributed by atoms with Gasteiger partial charge in [-0.15, -0.1) is 12.1 Å². The zero-order chi connectivity index (χ0) is 14.7. The van der Waals surface area contributed by atoms with Crippen molar-refractivity contribution in [2.75, 3.05) is 0 Å². The molecule has 0 bridgehead atoms. The molecule has 0 radical (unpaired) electrons. The zero-order valence-corrected chi connectivity index (χ0v) is 19.0. The third kappa shape index (κ3) is 4.94. The predicted molar refractivity (Wildman–Crippen MR) is 91.2 cm³/mol. The molecule has 0 unspecified atom stereocenters. The van der Waals surface area contributed by atoms with E-state index in [9.17, 15) is 0 Å². The number of aryl methyl sites for hydroxylation is 1. The van der Waals surface area contributed by atoms with E-state index < -0.39 is 0 Å². The molecule has 0 aliphatic rings. The summed E-state index contributed by atoms with van der Waals surface area (Å²) in [5, 5.41) is 0. The standard InChI is InChI=1S/C21H19.2W/c1-3-17-6-10-19(11-7-17)21-14-12-20(13-15-21)18-8-4-16(2)5-9-18;;/h4-15H,2-3H2,1H3;;/q-1;;. The Morgan fingerprint density at radius 1 is 0.565 bits per heavy atom. The van der Waals surface area contributed by atoms with Gasteiger partial charge in [0, 0.05) is 42.1 Å². The SMILES string of the molecule is [CH2-]c1ccc(-c2ccc(-c3ccc(CC)cc3)cc2)cc1.[W].[W]. The molecule has 0 saturated carbocycles. The van der Waals surface area contributed by atoms with E-state index in [4.69, 9.17) is 0 Å². The summed E-state index contributed by atoms with van der Waals surface area (Å²) >= 11 is 0.